The van der Waals surface area contributed by atoms with E-state index < -0.39 is 11.2 Å². The molecular weight excluding hydrogens is 168 g/mol. The van der Waals surface area contributed by atoms with Gasteiger partial charge in [0.05, 0.1) is 0 Å². The SMILES string of the molecule is CC(C#N)(C#N)OC(C)(C#N)C#N. The van der Waals surface area contributed by atoms with Gasteiger partial charge in [0, 0.05) is 0 Å². The normalized spacial score (nSPS) is 10.3. The van der Waals surface area contributed by atoms with Crippen molar-refractivity contribution in [1.82, 2.24) is 0 Å². The molecule has 0 radical (unpaired) electrons. The zero-order valence-corrected chi connectivity index (χ0v) is 7.20. The molecule has 0 saturated carbocycles. The summed E-state index contributed by atoms with van der Waals surface area (Å²) in [4.78, 5) is 0. The van der Waals surface area contributed by atoms with Crippen molar-refractivity contribution in [2.45, 2.75) is 25.0 Å². The fourth-order valence-corrected chi connectivity index (χ4v) is 0.550. The standard InChI is InChI=1S/C8H6N4O/c1-7(3-9,4-10)13-8(2,5-11)6-12/h1-2H3. The van der Waals surface area contributed by atoms with Crippen LogP contribution < -0.4 is 0 Å². The molecule has 0 fully saturated rings. The smallest absolute Gasteiger partial charge is 0.240 e. The third-order valence-electron chi connectivity index (χ3n) is 1.26. The largest absolute Gasteiger partial charge is 0.313 e. The molecule has 5 nitrogen and oxygen atoms in total. The Kier molecular flexibility index (Phi) is 2.98. The van der Waals surface area contributed by atoms with Crippen molar-refractivity contribution in [3.05, 3.63) is 0 Å². The fourth-order valence-electron chi connectivity index (χ4n) is 0.550. The molecule has 0 aromatic rings. The lowest BCUT2D eigenvalue weighted by Gasteiger charge is -2.20. The van der Waals surface area contributed by atoms with Gasteiger partial charge in [-0.25, -0.2) is 0 Å². The third-order valence-corrected chi connectivity index (χ3v) is 1.26. The maximum absolute atomic E-state index is 8.52. The van der Waals surface area contributed by atoms with Crippen LogP contribution in [-0.2, 0) is 4.74 Å². The van der Waals surface area contributed by atoms with E-state index in [1.165, 1.54) is 13.8 Å². The Hall–Kier alpha value is -2.08. The highest BCUT2D eigenvalue weighted by atomic mass is 16.5. The predicted octanol–water partition coefficient (Wildman–Crippen LogP) is 0.615. The van der Waals surface area contributed by atoms with Crippen molar-refractivity contribution in [2.24, 2.45) is 0 Å². The van der Waals surface area contributed by atoms with Crippen molar-refractivity contribution in [3.8, 4) is 24.3 Å². The van der Waals surface area contributed by atoms with Crippen LogP contribution in [0.25, 0.3) is 0 Å². The molecule has 0 aliphatic rings. The van der Waals surface area contributed by atoms with Crippen molar-refractivity contribution in [1.29, 1.82) is 21.0 Å². The van der Waals surface area contributed by atoms with E-state index >= 15 is 0 Å². The van der Waals surface area contributed by atoms with Crippen LogP contribution in [-0.4, -0.2) is 11.2 Å². The fraction of sp³-hybridized carbons (Fsp3) is 0.500. The molecule has 13 heavy (non-hydrogen) atoms. The number of ether oxygens (including phenoxy) is 1. The topological polar surface area (TPSA) is 104 Å². The van der Waals surface area contributed by atoms with Gasteiger partial charge in [-0.05, 0) is 13.8 Å². The number of nitrogens with zero attached hydrogens (tertiary/aromatic N) is 4. The van der Waals surface area contributed by atoms with Gasteiger partial charge in [-0.15, -0.1) is 0 Å². The highest BCUT2D eigenvalue weighted by Crippen LogP contribution is 2.18. The van der Waals surface area contributed by atoms with Crippen LogP contribution in [0.5, 0.6) is 0 Å². The maximum atomic E-state index is 8.52. The Morgan fingerprint density at radius 1 is 0.769 bits per heavy atom. The molecule has 0 bridgehead atoms. The summed E-state index contributed by atoms with van der Waals surface area (Å²) >= 11 is 0. The first-order valence-electron chi connectivity index (χ1n) is 3.30. The lowest BCUT2D eigenvalue weighted by molar-refractivity contribution is -0.0166. The first-order chi connectivity index (χ1) is 5.95. The summed E-state index contributed by atoms with van der Waals surface area (Å²) in [5.41, 5.74) is -3.53. The summed E-state index contributed by atoms with van der Waals surface area (Å²) in [6.45, 7) is 2.39. The maximum Gasteiger partial charge on any atom is 0.240 e. The Bertz CT molecular complexity index is 296. The van der Waals surface area contributed by atoms with Gasteiger partial charge in [0.15, 0.2) is 0 Å². The van der Waals surface area contributed by atoms with Crippen LogP contribution in [0.2, 0.25) is 0 Å². The lowest BCUT2D eigenvalue weighted by Crippen LogP contribution is -2.37. The molecule has 0 spiro atoms. The first kappa shape index (κ1) is 10.9. The quantitative estimate of drug-likeness (QED) is 0.609. The van der Waals surface area contributed by atoms with Gasteiger partial charge in [0.2, 0.25) is 11.2 Å². The zero-order chi connectivity index (χ0) is 10.5. The van der Waals surface area contributed by atoms with Crippen LogP contribution in [0.15, 0.2) is 0 Å². The molecule has 0 aromatic carbocycles. The molecule has 0 unspecified atom stereocenters. The average Bonchev–Trinajstić information content (AvgIpc) is 2.17. The van der Waals surface area contributed by atoms with E-state index in [4.69, 9.17) is 25.8 Å². The van der Waals surface area contributed by atoms with Crippen molar-refractivity contribution >= 4 is 0 Å². The van der Waals surface area contributed by atoms with Gasteiger partial charge in [-0.1, -0.05) is 0 Å². The number of hydrogen-bond donors (Lipinski definition) is 0. The van der Waals surface area contributed by atoms with E-state index in [0.717, 1.165) is 0 Å². The number of nitriles is 4. The molecule has 0 aromatic heterocycles. The minimum absolute atomic E-state index is 1.19. The molecule has 5 heteroatoms. The summed E-state index contributed by atoms with van der Waals surface area (Å²) in [6.07, 6.45) is 0. The second kappa shape index (κ2) is 3.55. The molecule has 0 N–H and O–H groups in total. The summed E-state index contributed by atoms with van der Waals surface area (Å²) in [5.74, 6) is 0. The number of hydrogen-bond acceptors (Lipinski definition) is 5. The first-order valence-corrected chi connectivity index (χ1v) is 3.30. The van der Waals surface area contributed by atoms with Crippen molar-refractivity contribution in [3.63, 3.8) is 0 Å². The average molecular weight is 174 g/mol. The van der Waals surface area contributed by atoms with Gasteiger partial charge < -0.3 is 4.74 Å². The molecule has 0 amide bonds. The van der Waals surface area contributed by atoms with E-state index in [2.05, 4.69) is 0 Å². The monoisotopic (exact) mass is 174 g/mol. The van der Waals surface area contributed by atoms with E-state index in [1.807, 2.05) is 0 Å². The number of rotatable bonds is 2. The lowest BCUT2D eigenvalue weighted by atomic mass is 10.1. The minimum Gasteiger partial charge on any atom is -0.313 e. The van der Waals surface area contributed by atoms with Crippen LogP contribution in [0.3, 0.4) is 0 Å². The molecule has 0 aliphatic carbocycles. The van der Waals surface area contributed by atoms with E-state index in [-0.39, 0.29) is 0 Å². The zero-order valence-electron chi connectivity index (χ0n) is 7.20. The molecule has 0 rings (SSSR count). The molecule has 0 aliphatic heterocycles. The second-order valence-corrected chi connectivity index (χ2v) is 2.62. The summed E-state index contributed by atoms with van der Waals surface area (Å²) in [6, 6.07) is 6.27. The van der Waals surface area contributed by atoms with Crippen molar-refractivity contribution in [2.75, 3.05) is 0 Å². The van der Waals surface area contributed by atoms with Crippen LogP contribution >= 0.6 is 0 Å². The Morgan fingerprint density at radius 3 is 1.15 bits per heavy atom. The van der Waals surface area contributed by atoms with Crippen LogP contribution in [0, 0.1) is 45.3 Å². The molecule has 64 valence electrons. The Labute approximate surface area is 76.0 Å². The summed E-state index contributed by atoms with van der Waals surface area (Å²) in [7, 11) is 0. The highest BCUT2D eigenvalue weighted by molar-refractivity contribution is 5.22. The molecule has 0 heterocycles. The van der Waals surface area contributed by atoms with Gasteiger partial charge in [-0.3, -0.25) is 0 Å². The van der Waals surface area contributed by atoms with E-state index in [0.29, 0.717) is 0 Å². The Balaban J connectivity index is 4.88. The van der Waals surface area contributed by atoms with Gasteiger partial charge >= 0.3 is 0 Å². The summed E-state index contributed by atoms with van der Waals surface area (Å²) in [5, 5.41) is 34.1. The van der Waals surface area contributed by atoms with Crippen molar-refractivity contribution < 1.29 is 4.74 Å². The predicted molar refractivity (Wildman–Crippen MR) is 40.3 cm³/mol. The Morgan fingerprint density at radius 2 is 1.00 bits per heavy atom. The molecule has 0 saturated heterocycles. The van der Waals surface area contributed by atoms with E-state index in [1.54, 1.807) is 24.3 Å². The van der Waals surface area contributed by atoms with Gasteiger partial charge in [0.1, 0.15) is 24.3 Å². The van der Waals surface area contributed by atoms with E-state index in [9.17, 15) is 0 Å². The highest BCUT2D eigenvalue weighted by Gasteiger charge is 2.36. The van der Waals surface area contributed by atoms with Crippen LogP contribution in [0.4, 0.5) is 0 Å². The minimum atomic E-state index is -1.76. The van der Waals surface area contributed by atoms with Gasteiger partial charge in [-0.2, -0.15) is 21.0 Å². The molecular formula is C8H6N4O. The van der Waals surface area contributed by atoms with Gasteiger partial charge in [0.25, 0.3) is 0 Å². The second-order valence-electron chi connectivity index (χ2n) is 2.62. The molecule has 0 atom stereocenters. The third kappa shape index (κ3) is 2.46. The summed E-state index contributed by atoms with van der Waals surface area (Å²) < 4.78 is 4.78. The van der Waals surface area contributed by atoms with Crippen LogP contribution in [0.1, 0.15) is 13.8 Å².